The fourth-order valence-corrected chi connectivity index (χ4v) is 2.02. The highest BCUT2D eigenvalue weighted by molar-refractivity contribution is 14.1. The first-order valence-corrected chi connectivity index (χ1v) is 4.61. The van der Waals surface area contributed by atoms with Gasteiger partial charge >= 0.3 is 0 Å². The molecule has 1 rings (SSSR count). The number of halogens is 1. The number of rotatable bonds is 3. The summed E-state index contributed by atoms with van der Waals surface area (Å²) in [4.78, 5) is 2.27. The number of likely N-dealkylation sites (tertiary alicyclic amines) is 1. The summed E-state index contributed by atoms with van der Waals surface area (Å²) in [7, 11) is 3.88. The quantitative estimate of drug-likeness (QED) is 0.713. The topological polar surface area (TPSA) is 21.7 Å². The van der Waals surface area contributed by atoms with Gasteiger partial charge in [-0.1, -0.05) is 0 Å². The highest BCUT2D eigenvalue weighted by Crippen LogP contribution is 2.18. The van der Waals surface area contributed by atoms with Crippen LogP contribution in [0.1, 0.15) is 0 Å². The van der Waals surface area contributed by atoms with Crippen LogP contribution in [0.4, 0.5) is 0 Å². The molecule has 0 saturated carbocycles. The highest BCUT2D eigenvalue weighted by Gasteiger charge is 2.30. The van der Waals surface area contributed by atoms with Gasteiger partial charge in [-0.3, -0.25) is 0 Å². The number of ether oxygens (including phenoxy) is 1. The second-order valence-electron chi connectivity index (χ2n) is 3.03. The lowest BCUT2D eigenvalue weighted by atomic mass is 10.1. The van der Waals surface area contributed by atoms with Gasteiger partial charge in [-0.25, -0.2) is 0 Å². The minimum Gasteiger partial charge on any atom is -0.380 e. The van der Waals surface area contributed by atoms with Crippen LogP contribution in [0.15, 0.2) is 0 Å². The van der Waals surface area contributed by atoms with Crippen LogP contribution in [0.2, 0.25) is 0 Å². The van der Waals surface area contributed by atoms with Gasteiger partial charge in [0.15, 0.2) is 0 Å². The van der Waals surface area contributed by atoms with Crippen molar-refractivity contribution in [2.45, 2.75) is 6.10 Å². The fourth-order valence-electron chi connectivity index (χ4n) is 1.56. The van der Waals surface area contributed by atoms with E-state index in [1.807, 2.05) is 23.0 Å². The van der Waals surface area contributed by atoms with E-state index in [2.05, 4.69) is 11.9 Å². The van der Waals surface area contributed by atoms with Gasteiger partial charge in [0, 0.05) is 26.1 Å². The summed E-state index contributed by atoms with van der Waals surface area (Å²) in [5.74, 6) is 0.543. The van der Waals surface area contributed by atoms with Crippen LogP contribution in [-0.4, -0.2) is 44.9 Å². The zero-order chi connectivity index (χ0) is 8.27. The zero-order valence-electron chi connectivity index (χ0n) is 6.92. The monoisotopic (exact) mass is 271 g/mol. The molecule has 1 aliphatic heterocycles. The lowest BCUT2D eigenvalue weighted by Crippen LogP contribution is -2.23. The molecule has 0 aliphatic carbocycles. The van der Waals surface area contributed by atoms with E-state index in [9.17, 15) is 0 Å². The molecule has 0 N–H and O–H groups in total. The van der Waals surface area contributed by atoms with E-state index in [-0.39, 0.29) is 0 Å². The smallest absolute Gasteiger partial charge is 0.109 e. The van der Waals surface area contributed by atoms with Crippen LogP contribution in [0.3, 0.4) is 0 Å². The van der Waals surface area contributed by atoms with Crippen molar-refractivity contribution in [3.8, 4) is 0 Å². The Labute approximate surface area is 81.7 Å². The van der Waals surface area contributed by atoms with Gasteiger partial charge in [-0.15, -0.1) is 0 Å². The fraction of sp³-hybridized carbons (Fsp3) is 1.00. The maximum absolute atomic E-state index is 5.32. The lowest BCUT2D eigenvalue weighted by Gasteiger charge is -2.14. The van der Waals surface area contributed by atoms with Crippen molar-refractivity contribution in [3.63, 3.8) is 0 Å². The highest BCUT2D eigenvalue weighted by atomic mass is 127. The van der Waals surface area contributed by atoms with Crippen LogP contribution in [0.25, 0.3) is 0 Å². The van der Waals surface area contributed by atoms with Crippen LogP contribution >= 0.6 is 23.0 Å². The Morgan fingerprint density at radius 1 is 1.55 bits per heavy atom. The number of likely N-dealkylation sites (N-methyl/N-ethyl adjacent to an activating group) is 1. The third-order valence-corrected chi connectivity index (χ3v) is 2.50. The molecule has 0 aromatic rings. The Hall–Kier alpha value is 0.610. The zero-order valence-corrected chi connectivity index (χ0v) is 9.08. The molecule has 1 fully saturated rings. The van der Waals surface area contributed by atoms with Gasteiger partial charge < -0.3 is 12.7 Å². The normalized spacial score (nSPS) is 33.0. The number of hydrogen-bond donors (Lipinski definition) is 0. The average molecular weight is 271 g/mol. The van der Waals surface area contributed by atoms with Gasteiger partial charge in [0.05, 0.1) is 12.7 Å². The second kappa shape index (κ2) is 4.59. The van der Waals surface area contributed by atoms with E-state index in [0.29, 0.717) is 12.0 Å². The summed E-state index contributed by atoms with van der Waals surface area (Å²) < 4.78 is 10.4. The maximum atomic E-state index is 5.32. The van der Waals surface area contributed by atoms with Crippen LogP contribution in [0.5, 0.6) is 0 Å². The molecule has 0 aromatic carbocycles. The van der Waals surface area contributed by atoms with E-state index in [0.717, 1.165) is 19.7 Å². The van der Waals surface area contributed by atoms with E-state index in [4.69, 9.17) is 7.80 Å². The van der Waals surface area contributed by atoms with Crippen LogP contribution < -0.4 is 0 Å². The van der Waals surface area contributed by atoms with Crippen molar-refractivity contribution in [2.75, 3.05) is 33.9 Å². The molecule has 0 amide bonds. The van der Waals surface area contributed by atoms with Gasteiger partial charge in [0.25, 0.3) is 0 Å². The summed E-state index contributed by atoms with van der Waals surface area (Å²) in [5, 5.41) is 0. The van der Waals surface area contributed by atoms with Crippen molar-refractivity contribution < 1.29 is 7.80 Å². The molecular formula is C7H14INO2. The number of hydrogen-bond acceptors (Lipinski definition) is 3. The largest absolute Gasteiger partial charge is 0.380 e. The van der Waals surface area contributed by atoms with E-state index < -0.39 is 0 Å². The van der Waals surface area contributed by atoms with E-state index >= 15 is 0 Å². The third kappa shape index (κ3) is 2.54. The molecular weight excluding hydrogens is 257 g/mol. The predicted octanol–water partition coefficient (Wildman–Crippen LogP) is 0.930. The molecule has 11 heavy (non-hydrogen) atoms. The van der Waals surface area contributed by atoms with Crippen molar-refractivity contribution in [2.24, 2.45) is 5.92 Å². The van der Waals surface area contributed by atoms with Gasteiger partial charge in [-0.2, -0.15) is 0 Å². The first-order chi connectivity index (χ1) is 5.27. The molecule has 4 heteroatoms. The molecule has 1 saturated heterocycles. The van der Waals surface area contributed by atoms with Gasteiger partial charge in [-0.05, 0) is 7.05 Å². The van der Waals surface area contributed by atoms with Crippen molar-refractivity contribution in [3.05, 3.63) is 0 Å². The lowest BCUT2D eigenvalue weighted by molar-refractivity contribution is 0.0677. The summed E-state index contributed by atoms with van der Waals surface area (Å²) in [5.41, 5.74) is 0. The number of nitrogens with zero attached hydrogens (tertiary/aromatic N) is 1. The van der Waals surface area contributed by atoms with Crippen LogP contribution in [0, 0.1) is 5.92 Å². The first-order valence-electron chi connectivity index (χ1n) is 3.72. The SMILES string of the molecule is COC1CN(C)CC1COI. The Morgan fingerprint density at radius 3 is 2.82 bits per heavy atom. The minimum atomic E-state index is 0.356. The molecule has 0 spiro atoms. The van der Waals surface area contributed by atoms with Gasteiger partial charge in [0.1, 0.15) is 23.0 Å². The van der Waals surface area contributed by atoms with E-state index in [1.165, 1.54) is 0 Å². The maximum Gasteiger partial charge on any atom is 0.109 e. The van der Waals surface area contributed by atoms with Crippen molar-refractivity contribution >= 4 is 23.0 Å². The summed E-state index contributed by atoms with van der Waals surface area (Å²) in [6, 6.07) is 0. The summed E-state index contributed by atoms with van der Waals surface area (Å²) in [6.07, 6.45) is 0.356. The third-order valence-electron chi connectivity index (χ3n) is 2.14. The van der Waals surface area contributed by atoms with Crippen molar-refractivity contribution in [1.82, 2.24) is 4.90 Å². The molecule has 1 heterocycles. The van der Waals surface area contributed by atoms with Crippen LogP contribution in [-0.2, 0) is 7.80 Å². The second-order valence-corrected chi connectivity index (χ2v) is 3.65. The Balaban J connectivity index is 2.37. The van der Waals surface area contributed by atoms with Crippen molar-refractivity contribution in [1.29, 1.82) is 0 Å². The first kappa shape index (κ1) is 9.70. The molecule has 0 bridgehead atoms. The summed E-state index contributed by atoms with van der Waals surface area (Å²) in [6.45, 7) is 2.91. The summed E-state index contributed by atoms with van der Waals surface area (Å²) >= 11 is 1.94. The molecule has 3 nitrogen and oxygen atoms in total. The molecule has 2 atom stereocenters. The number of methoxy groups -OCH3 is 1. The minimum absolute atomic E-state index is 0.356. The average Bonchev–Trinajstić information content (AvgIpc) is 2.32. The molecule has 1 aliphatic rings. The van der Waals surface area contributed by atoms with E-state index in [1.54, 1.807) is 7.11 Å². The molecule has 66 valence electrons. The Morgan fingerprint density at radius 2 is 2.27 bits per heavy atom. The standard InChI is InChI=1S/C7H14INO2/c1-9-3-6(5-11-8)7(4-9)10-2/h6-7H,3-5H2,1-2H3. The van der Waals surface area contributed by atoms with Gasteiger partial charge in [0.2, 0.25) is 0 Å². The molecule has 0 aromatic heterocycles. The molecule has 0 radical (unpaired) electrons. The molecule has 2 unspecified atom stereocenters. The Kier molecular flexibility index (Phi) is 4.05. The Bertz CT molecular complexity index is 123. The predicted molar refractivity (Wildman–Crippen MR) is 51.8 cm³/mol.